The highest BCUT2D eigenvalue weighted by atomic mass is 32.1. The smallest absolute Gasteiger partial charge is 0.0735 e. The molecule has 2 aromatic heterocycles. The number of rotatable bonds is 3. The summed E-state index contributed by atoms with van der Waals surface area (Å²) in [4.78, 5) is 5.44. The Morgan fingerprint density at radius 2 is 2.25 bits per heavy atom. The largest absolute Gasteiger partial charge is 0.271 e. The molecule has 84 valence electrons. The summed E-state index contributed by atoms with van der Waals surface area (Å²) >= 11 is 1.73. The molecule has 2 rings (SSSR count). The van der Waals surface area contributed by atoms with Gasteiger partial charge in [-0.05, 0) is 48.1 Å². The van der Waals surface area contributed by atoms with Gasteiger partial charge in [0.15, 0.2) is 0 Å². The summed E-state index contributed by atoms with van der Waals surface area (Å²) < 4.78 is 0. The van der Waals surface area contributed by atoms with E-state index in [-0.39, 0.29) is 6.04 Å². The second-order valence-electron chi connectivity index (χ2n) is 3.82. The maximum Gasteiger partial charge on any atom is 0.0735 e. The van der Waals surface area contributed by atoms with Crippen molar-refractivity contribution >= 4 is 11.3 Å². The van der Waals surface area contributed by atoms with Crippen molar-refractivity contribution in [3.63, 3.8) is 0 Å². The fourth-order valence-electron chi connectivity index (χ4n) is 1.76. The molecular weight excluding hydrogens is 218 g/mol. The molecule has 0 saturated heterocycles. The minimum absolute atomic E-state index is 0.0265. The van der Waals surface area contributed by atoms with Crippen molar-refractivity contribution in [2.75, 3.05) is 0 Å². The van der Waals surface area contributed by atoms with E-state index in [4.69, 9.17) is 5.84 Å². The molecule has 1 unspecified atom stereocenters. The number of nitrogens with two attached hydrogens (primary N) is 1. The van der Waals surface area contributed by atoms with Crippen molar-refractivity contribution in [2.24, 2.45) is 5.84 Å². The third kappa shape index (κ3) is 2.14. The van der Waals surface area contributed by atoms with Crippen molar-refractivity contribution in [3.8, 4) is 0 Å². The zero-order valence-electron chi connectivity index (χ0n) is 9.40. The first-order valence-electron chi connectivity index (χ1n) is 5.14. The normalized spacial score (nSPS) is 12.7. The zero-order valence-corrected chi connectivity index (χ0v) is 10.2. The molecule has 0 bridgehead atoms. The SMILES string of the molecule is Cc1cc(C(NN)c2cnccc2C)cs1. The molecular formula is C12H15N3S. The van der Waals surface area contributed by atoms with E-state index in [9.17, 15) is 0 Å². The topological polar surface area (TPSA) is 50.9 Å². The standard InChI is InChI=1S/C12H15N3S/c1-8-3-4-14-6-11(8)12(15-13)10-5-9(2)16-7-10/h3-7,12,15H,13H2,1-2H3. The lowest BCUT2D eigenvalue weighted by molar-refractivity contribution is 0.633. The number of aromatic nitrogens is 1. The molecule has 0 radical (unpaired) electrons. The predicted octanol–water partition coefficient (Wildman–Crippen LogP) is 2.31. The van der Waals surface area contributed by atoms with Crippen LogP contribution in [0.3, 0.4) is 0 Å². The molecule has 4 heteroatoms. The monoisotopic (exact) mass is 233 g/mol. The minimum Gasteiger partial charge on any atom is -0.271 e. The van der Waals surface area contributed by atoms with Gasteiger partial charge in [-0.1, -0.05) is 0 Å². The van der Waals surface area contributed by atoms with Gasteiger partial charge in [-0.25, -0.2) is 5.43 Å². The van der Waals surface area contributed by atoms with Gasteiger partial charge in [-0.3, -0.25) is 10.8 Å². The number of nitrogens with one attached hydrogen (secondary N) is 1. The Kier molecular flexibility index (Phi) is 3.33. The summed E-state index contributed by atoms with van der Waals surface area (Å²) in [5.74, 6) is 5.64. The summed E-state index contributed by atoms with van der Waals surface area (Å²) in [7, 11) is 0. The van der Waals surface area contributed by atoms with E-state index in [0.29, 0.717) is 0 Å². The molecule has 0 fully saturated rings. The van der Waals surface area contributed by atoms with Crippen LogP contribution in [0, 0.1) is 13.8 Å². The summed E-state index contributed by atoms with van der Waals surface area (Å²) in [5, 5.41) is 2.13. The van der Waals surface area contributed by atoms with Gasteiger partial charge in [0.05, 0.1) is 6.04 Å². The van der Waals surface area contributed by atoms with Crippen LogP contribution in [0.15, 0.2) is 29.9 Å². The second-order valence-corrected chi connectivity index (χ2v) is 4.94. The number of nitrogens with zero attached hydrogens (tertiary/aromatic N) is 1. The van der Waals surface area contributed by atoms with E-state index >= 15 is 0 Å². The number of hydrogen-bond acceptors (Lipinski definition) is 4. The van der Waals surface area contributed by atoms with Gasteiger partial charge in [0.2, 0.25) is 0 Å². The molecule has 0 saturated carbocycles. The van der Waals surface area contributed by atoms with Gasteiger partial charge >= 0.3 is 0 Å². The van der Waals surface area contributed by atoms with Gasteiger partial charge in [-0.15, -0.1) is 11.3 Å². The summed E-state index contributed by atoms with van der Waals surface area (Å²) in [6.07, 6.45) is 3.66. The van der Waals surface area contributed by atoms with Gasteiger partial charge in [0.1, 0.15) is 0 Å². The van der Waals surface area contributed by atoms with Crippen LogP contribution in [-0.2, 0) is 0 Å². The Morgan fingerprint density at radius 1 is 1.44 bits per heavy atom. The third-order valence-electron chi connectivity index (χ3n) is 2.64. The Labute approximate surface area is 99.3 Å². The van der Waals surface area contributed by atoms with E-state index in [2.05, 4.69) is 35.7 Å². The van der Waals surface area contributed by atoms with Crippen LogP contribution in [0.1, 0.15) is 27.6 Å². The average molecular weight is 233 g/mol. The average Bonchev–Trinajstić information content (AvgIpc) is 2.69. The first kappa shape index (κ1) is 11.3. The summed E-state index contributed by atoms with van der Waals surface area (Å²) in [6, 6.07) is 4.18. The molecule has 0 aliphatic heterocycles. The van der Waals surface area contributed by atoms with Gasteiger partial charge < -0.3 is 0 Å². The number of hydrogen-bond donors (Lipinski definition) is 2. The predicted molar refractivity (Wildman–Crippen MR) is 67.2 cm³/mol. The Balaban J connectivity index is 2.40. The number of pyridine rings is 1. The third-order valence-corrected chi connectivity index (χ3v) is 3.52. The van der Waals surface area contributed by atoms with Crippen LogP contribution in [0.2, 0.25) is 0 Å². The fraction of sp³-hybridized carbons (Fsp3) is 0.250. The highest BCUT2D eigenvalue weighted by Crippen LogP contribution is 2.26. The van der Waals surface area contributed by atoms with Crippen LogP contribution in [0.4, 0.5) is 0 Å². The maximum atomic E-state index is 5.64. The zero-order chi connectivity index (χ0) is 11.5. The van der Waals surface area contributed by atoms with E-state index in [1.807, 2.05) is 12.3 Å². The molecule has 0 spiro atoms. The van der Waals surface area contributed by atoms with Crippen LogP contribution in [0.25, 0.3) is 0 Å². The fourth-order valence-corrected chi connectivity index (χ4v) is 2.49. The lowest BCUT2D eigenvalue weighted by Gasteiger charge is -2.16. The number of hydrazine groups is 1. The first-order valence-corrected chi connectivity index (χ1v) is 6.02. The molecule has 2 aromatic rings. The van der Waals surface area contributed by atoms with Crippen molar-refractivity contribution in [1.82, 2.24) is 10.4 Å². The highest BCUT2D eigenvalue weighted by Gasteiger charge is 2.15. The number of thiophene rings is 1. The van der Waals surface area contributed by atoms with Crippen LogP contribution < -0.4 is 11.3 Å². The summed E-state index contributed by atoms with van der Waals surface area (Å²) in [6.45, 7) is 4.17. The Hall–Kier alpha value is -1.23. The second kappa shape index (κ2) is 4.74. The van der Waals surface area contributed by atoms with Crippen LogP contribution >= 0.6 is 11.3 Å². The van der Waals surface area contributed by atoms with Crippen LogP contribution in [0.5, 0.6) is 0 Å². The quantitative estimate of drug-likeness (QED) is 0.632. The minimum atomic E-state index is 0.0265. The Bertz CT molecular complexity index is 479. The van der Waals surface area contributed by atoms with E-state index < -0.39 is 0 Å². The molecule has 3 nitrogen and oxygen atoms in total. The molecule has 0 aliphatic rings. The highest BCUT2D eigenvalue weighted by molar-refractivity contribution is 7.10. The van der Waals surface area contributed by atoms with E-state index in [0.717, 1.165) is 5.56 Å². The van der Waals surface area contributed by atoms with Crippen molar-refractivity contribution in [2.45, 2.75) is 19.9 Å². The molecule has 3 N–H and O–H groups in total. The summed E-state index contributed by atoms with van der Waals surface area (Å²) in [5.41, 5.74) is 6.37. The van der Waals surface area contributed by atoms with Gasteiger partial charge in [0, 0.05) is 17.3 Å². The van der Waals surface area contributed by atoms with E-state index in [1.165, 1.54) is 16.0 Å². The molecule has 0 aromatic carbocycles. The first-order chi connectivity index (χ1) is 7.72. The lowest BCUT2D eigenvalue weighted by atomic mass is 9.99. The number of aryl methyl sites for hydroxylation is 2. The van der Waals surface area contributed by atoms with E-state index in [1.54, 1.807) is 17.5 Å². The lowest BCUT2D eigenvalue weighted by Crippen LogP contribution is -2.29. The molecule has 0 aliphatic carbocycles. The van der Waals surface area contributed by atoms with Crippen LogP contribution in [-0.4, -0.2) is 4.98 Å². The maximum absolute atomic E-state index is 5.64. The van der Waals surface area contributed by atoms with Gasteiger partial charge in [-0.2, -0.15) is 0 Å². The Morgan fingerprint density at radius 3 is 2.81 bits per heavy atom. The molecule has 2 heterocycles. The van der Waals surface area contributed by atoms with Crippen molar-refractivity contribution in [1.29, 1.82) is 0 Å². The molecule has 16 heavy (non-hydrogen) atoms. The van der Waals surface area contributed by atoms with Crippen molar-refractivity contribution < 1.29 is 0 Å². The molecule has 0 amide bonds. The van der Waals surface area contributed by atoms with Crippen molar-refractivity contribution in [3.05, 3.63) is 51.5 Å². The molecule has 1 atom stereocenters. The van der Waals surface area contributed by atoms with Gasteiger partial charge in [0.25, 0.3) is 0 Å².